The van der Waals surface area contributed by atoms with Crippen molar-refractivity contribution in [1.82, 2.24) is 14.7 Å². The lowest BCUT2D eigenvalue weighted by Gasteiger charge is -2.08. The van der Waals surface area contributed by atoms with Gasteiger partial charge in [-0.25, -0.2) is 0 Å². The fraction of sp³-hybridized carbons (Fsp3) is 0.714. The molecular weight excluding hydrogens is 325 g/mol. The molecule has 0 unspecified atom stereocenters. The predicted octanol–water partition coefficient (Wildman–Crippen LogP) is 2.14. The van der Waals surface area contributed by atoms with Crippen LogP contribution in [0.2, 0.25) is 0 Å². The summed E-state index contributed by atoms with van der Waals surface area (Å²) in [7, 11) is 4.05. The third-order valence-corrected chi connectivity index (χ3v) is 3.04. The third-order valence-electron chi connectivity index (χ3n) is 3.04. The van der Waals surface area contributed by atoms with E-state index in [4.69, 9.17) is 5.73 Å². The lowest BCUT2D eigenvalue weighted by molar-refractivity contribution is -0.116. The first-order valence-electron chi connectivity index (χ1n) is 7.30. The Balaban J connectivity index is 0. The summed E-state index contributed by atoms with van der Waals surface area (Å²) in [6.07, 6.45) is 6.55. The van der Waals surface area contributed by atoms with Crippen molar-refractivity contribution in [2.75, 3.05) is 32.5 Å². The summed E-state index contributed by atoms with van der Waals surface area (Å²) < 4.78 is 1.84. The maximum Gasteiger partial charge on any atom is 0.225 e. The van der Waals surface area contributed by atoms with Crippen molar-refractivity contribution in [3.05, 3.63) is 12.3 Å². The SMILES string of the molecule is CN(C)CCn1ccc(NC(=O)CCCCCCN)n1.Cl.Cl. The number of amides is 1. The van der Waals surface area contributed by atoms with Crippen LogP contribution in [0.4, 0.5) is 5.82 Å². The van der Waals surface area contributed by atoms with Crippen LogP contribution in [0.3, 0.4) is 0 Å². The zero-order chi connectivity index (χ0) is 14.8. The number of unbranched alkanes of at least 4 members (excludes halogenated alkanes) is 3. The van der Waals surface area contributed by atoms with Crippen LogP contribution in [0.15, 0.2) is 12.3 Å². The van der Waals surface area contributed by atoms with Gasteiger partial charge in [0.25, 0.3) is 0 Å². The van der Waals surface area contributed by atoms with Gasteiger partial charge in [0, 0.05) is 25.2 Å². The second-order valence-electron chi connectivity index (χ2n) is 5.27. The van der Waals surface area contributed by atoms with Crippen LogP contribution < -0.4 is 11.1 Å². The van der Waals surface area contributed by atoms with Gasteiger partial charge in [-0.05, 0) is 33.5 Å². The van der Waals surface area contributed by atoms with E-state index in [0.717, 1.165) is 45.3 Å². The van der Waals surface area contributed by atoms with Crippen LogP contribution in [0.25, 0.3) is 0 Å². The minimum atomic E-state index is 0. The van der Waals surface area contributed by atoms with E-state index in [2.05, 4.69) is 15.3 Å². The van der Waals surface area contributed by atoms with Gasteiger partial charge in [-0.2, -0.15) is 5.10 Å². The van der Waals surface area contributed by atoms with Crippen LogP contribution in [0, 0.1) is 0 Å². The van der Waals surface area contributed by atoms with Crippen LogP contribution in [0.1, 0.15) is 32.1 Å². The molecule has 1 heterocycles. The molecule has 0 saturated heterocycles. The average molecular weight is 354 g/mol. The molecule has 6 nitrogen and oxygen atoms in total. The van der Waals surface area contributed by atoms with Crippen LogP contribution in [-0.2, 0) is 11.3 Å². The Kier molecular flexibility index (Phi) is 14.7. The number of carbonyl (C=O) groups excluding carboxylic acids is 1. The monoisotopic (exact) mass is 353 g/mol. The van der Waals surface area contributed by atoms with Gasteiger partial charge in [0.1, 0.15) is 0 Å². The predicted molar refractivity (Wildman–Crippen MR) is 96.0 cm³/mol. The first-order valence-corrected chi connectivity index (χ1v) is 7.30. The topological polar surface area (TPSA) is 76.2 Å². The van der Waals surface area contributed by atoms with Gasteiger partial charge in [0.05, 0.1) is 6.54 Å². The van der Waals surface area contributed by atoms with Crippen LogP contribution in [0.5, 0.6) is 0 Å². The van der Waals surface area contributed by atoms with Crippen LogP contribution in [-0.4, -0.2) is 47.8 Å². The Labute approximate surface area is 145 Å². The fourth-order valence-electron chi connectivity index (χ4n) is 1.84. The number of rotatable bonds is 10. The Morgan fingerprint density at radius 2 is 1.95 bits per heavy atom. The lowest BCUT2D eigenvalue weighted by Crippen LogP contribution is -2.19. The van der Waals surface area contributed by atoms with E-state index in [1.54, 1.807) is 0 Å². The van der Waals surface area contributed by atoms with Crippen molar-refractivity contribution in [1.29, 1.82) is 0 Å². The second-order valence-corrected chi connectivity index (χ2v) is 5.27. The molecule has 0 spiro atoms. The number of likely N-dealkylation sites (N-methyl/N-ethyl adjacent to an activating group) is 1. The van der Waals surface area contributed by atoms with Crippen LogP contribution >= 0.6 is 24.8 Å². The molecule has 0 aliphatic rings. The highest BCUT2D eigenvalue weighted by molar-refractivity contribution is 5.89. The smallest absolute Gasteiger partial charge is 0.225 e. The molecule has 0 aromatic carbocycles. The quantitative estimate of drug-likeness (QED) is 0.631. The summed E-state index contributed by atoms with van der Waals surface area (Å²) in [5.74, 6) is 0.673. The number of nitrogens with zero attached hydrogens (tertiary/aromatic N) is 3. The maximum absolute atomic E-state index is 11.7. The number of nitrogens with two attached hydrogens (primary N) is 1. The molecule has 8 heteroatoms. The van der Waals surface area contributed by atoms with E-state index in [9.17, 15) is 4.79 Å². The molecule has 22 heavy (non-hydrogen) atoms. The number of aromatic nitrogens is 2. The molecule has 1 aromatic heterocycles. The molecule has 1 aromatic rings. The number of halogens is 2. The van der Waals surface area contributed by atoms with Crippen molar-refractivity contribution in [3.8, 4) is 0 Å². The summed E-state index contributed by atoms with van der Waals surface area (Å²) in [6.45, 7) is 2.48. The van der Waals surface area contributed by atoms with Crippen molar-refractivity contribution >= 4 is 36.5 Å². The molecule has 130 valence electrons. The molecule has 1 rings (SSSR count). The molecule has 0 aliphatic heterocycles. The van der Waals surface area contributed by atoms with Gasteiger partial charge < -0.3 is 16.0 Å². The minimum Gasteiger partial charge on any atom is -0.330 e. The van der Waals surface area contributed by atoms with E-state index in [1.807, 2.05) is 31.0 Å². The summed E-state index contributed by atoms with van der Waals surface area (Å²) in [5, 5.41) is 7.15. The van der Waals surface area contributed by atoms with E-state index in [1.165, 1.54) is 0 Å². The number of anilines is 1. The molecule has 0 atom stereocenters. The van der Waals surface area contributed by atoms with Gasteiger partial charge in [-0.15, -0.1) is 24.8 Å². The average Bonchev–Trinajstić information content (AvgIpc) is 2.83. The summed E-state index contributed by atoms with van der Waals surface area (Å²) in [4.78, 5) is 13.8. The van der Waals surface area contributed by atoms with Gasteiger partial charge in [0.2, 0.25) is 5.91 Å². The molecular formula is C14H29Cl2N5O. The van der Waals surface area contributed by atoms with Gasteiger partial charge >= 0.3 is 0 Å². The Bertz CT molecular complexity index is 398. The summed E-state index contributed by atoms with van der Waals surface area (Å²) in [6, 6.07) is 1.84. The number of hydrogen-bond donors (Lipinski definition) is 2. The van der Waals surface area contributed by atoms with E-state index >= 15 is 0 Å². The highest BCUT2D eigenvalue weighted by Gasteiger charge is 2.05. The van der Waals surface area contributed by atoms with E-state index in [-0.39, 0.29) is 30.7 Å². The highest BCUT2D eigenvalue weighted by Crippen LogP contribution is 2.06. The van der Waals surface area contributed by atoms with Gasteiger partial charge in [0.15, 0.2) is 5.82 Å². The molecule has 3 N–H and O–H groups in total. The highest BCUT2D eigenvalue weighted by atomic mass is 35.5. The third kappa shape index (κ3) is 10.8. The van der Waals surface area contributed by atoms with Crippen molar-refractivity contribution < 1.29 is 4.79 Å². The normalized spacial score (nSPS) is 10.0. The first kappa shape index (κ1) is 23.4. The zero-order valence-corrected chi connectivity index (χ0v) is 15.1. The van der Waals surface area contributed by atoms with Crippen molar-refractivity contribution in [2.45, 2.75) is 38.6 Å². The maximum atomic E-state index is 11.7. The standard InChI is InChI=1S/C14H27N5O.2ClH/c1-18(2)11-12-19-10-8-13(17-19)16-14(20)7-5-3-4-6-9-15;;/h8,10H,3-7,9,11-12,15H2,1-2H3,(H,16,17,20);2*1H. The summed E-state index contributed by atoms with van der Waals surface area (Å²) >= 11 is 0. The largest absolute Gasteiger partial charge is 0.330 e. The minimum absolute atomic E-state index is 0. The lowest BCUT2D eigenvalue weighted by atomic mass is 10.1. The zero-order valence-electron chi connectivity index (χ0n) is 13.5. The van der Waals surface area contributed by atoms with E-state index < -0.39 is 0 Å². The molecule has 0 fully saturated rings. The van der Waals surface area contributed by atoms with Crippen molar-refractivity contribution in [3.63, 3.8) is 0 Å². The van der Waals surface area contributed by atoms with Gasteiger partial charge in [-0.3, -0.25) is 9.48 Å². The molecule has 1 amide bonds. The second kappa shape index (κ2) is 13.8. The Morgan fingerprint density at radius 1 is 1.27 bits per heavy atom. The summed E-state index contributed by atoms with van der Waals surface area (Å²) in [5.41, 5.74) is 5.43. The molecule has 0 bridgehead atoms. The van der Waals surface area contributed by atoms with Crippen molar-refractivity contribution in [2.24, 2.45) is 5.73 Å². The Morgan fingerprint density at radius 3 is 2.59 bits per heavy atom. The number of hydrogen-bond acceptors (Lipinski definition) is 4. The number of nitrogens with one attached hydrogen (secondary N) is 1. The fourth-order valence-corrected chi connectivity index (χ4v) is 1.84. The Hall–Kier alpha value is -0.820. The number of carbonyl (C=O) groups is 1. The molecule has 0 saturated carbocycles. The van der Waals surface area contributed by atoms with E-state index in [0.29, 0.717) is 12.2 Å². The van der Waals surface area contributed by atoms with Gasteiger partial charge in [-0.1, -0.05) is 12.8 Å². The molecule has 0 aliphatic carbocycles. The first-order chi connectivity index (χ1) is 9.61. The molecule has 0 radical (unpaired) electrons.